The van der Waals surface area contributed by atoms with Gasteiger partial charge in [0, 0.05) is 0 Å². The van der Waals surface area contributed by atoms with Gasteiger partial charge in [0.15, 0.2) is 0 Å². The monoisotopic (exact) mass is 202 g/mol. The predicted octanol–water partition coefficient (Wildman–Crippen LogP) is 4.35. The van der Waals surface area contributed by atoms with Gasteiger partial charge in [0.25, 0.3) is 0 Å². The Kier molecular flexibility index (Phi) is 5.52. The maximum atomic E-state index is 3.03. The first kappa shape index (κ1) is 13.4. The van der Waals surface area contributed by atoms with Crippen LogP contribution in [0.25, 0.3) is 0 Å². The number of hydrogen-bond donors (Lipinski definition) is 0. The third-order valence-corrected chi connectivity index (χ3v) is 3.76. The van der Waals surface area contributed by atoms with Gasteiger partial charge in [-0.05, 0) is 22.9 Å². The maximum absolute atomic E-state index is 3.03. The minimum atomic E-state index is 0.380. The minimum absolute atomic E-state index is 0.380. The largest absolute Gasteiger partial charge is 0.131 e. The zero-order chi connectivity index (χ0) is 10.6. The molecule has 0 N–H and O–H groups in total. The van der Waals surface area contributed by atoms with Crippen molar-refractivity contribution in [3.05, 3.63) is 0 Å². The SMILES string of the molecule is CCC(C)C(C(C)CC)C(C)(C)P. The van der Waals surface area contributed by atoms with E-state index in [0.29, 0.717) is 5.16 Å². The summed E-state index contributed by atoms with van der Waals surface area (Å²) in [7, 11) is 3.03. The quantitative estimate of drug-likeness (QED) is 0.581. The van der Waals surface area contributed by atoms with E-state index in [2.05, 4.69) is 50.8 Å². The van der Waals surface area contributed by atoms with Crippen LogP contribution in [0.15, 0.2) is 0 Å². The van der Waals surface area contributed by atoms with E-state index in [9.17, 15) is 0 Å². The first-order valence-electron chi connectivity index (χ1n) is 5.63. The van der Waals surface area contributed by atoms with E-state index >= 15 is 0 Å². The summed E-state index contributed by atoms with van der Waals surface area (Å²) in [6, 6.07) is 0. The summed E-state index contributed by atoms with van der Waals surface area (Å²) in [6.07, 6.45) is 2.60. The van der Waals surface area contributed by atoms with Crippen molar-refractivity contribution in [3.63, 3.8) is 0 Å². The fourth-order valence-corrected chi connectivity index (χ4v) is 3.19. The molecule has 0 radical (unpaired) electrons. The molecule has 0 aliphatic heterocycles. The zero-order valence-corrected chi connectivity index (χ0v) is 11.4. The molecule has 0 aromatic carbocycles. The van der Waals surface area contributed by atoms with Gasteiger partial charge in [-0.3, -0.25) is 0 Å². The Hall–Kier alpha value is 0.430. The van der Waals surface area contributed by atoms with Gasteiger partial charge in [0.2, 0.25) is 0 Å². The lowest BCUT2D eigenvalue weighted by Gasteiger charge is -2.39. The summed E-state index contributed by atoms with van der Waals surface area (Å²) in [5.41, 5.74) is 0. The zero-order valence-electron chi connectivity index (χ0n) is 10.2. The summed E-state index contributed by atoms with van der Waals surface area (Å²) in [5, 5.41) is 0.380. The van der Waals surface area contributed by atoms with Crippen LogP contribution in [0, 0.1) is 17.8 Å². The molecule has 3 atom stereocenters. The molecule has 0 aliphatic rings. The van der Waals surface area contributed by atoms with Crippen LogP contribution in [0.3, 0.4) is 0 Å². The normalized spacial score (nSPS) is 19.6. The molecule has 0 saturated heterocycles. The van der Waals surface area contributed by atoms with Gasteiger partial charge in [-0.25, -0.2) is 0 Å². The predicted molar refractivity (Wildman–Crippen MR) is 66.2 cm³/mol. The summed E-state index contributed by atoms with van der Waals surface area (Å²) in [4.78, 5) is 0. The summed E-state index contributed by atoms with van der Waals surface area (Å²) < 4.78 is 0. The topological polar surface area (TPSA) is 0 Å². The van der Waals surface area contributed by atoms with Gasteiger partial charge in [0.1, 0.15) is 0 Å². The Bertz CT molecular complexity index is 125. The highest BCUT2D eigenvalue weighted by atomic mass is 31.0. The third kappa shape index (κ3) is 3.98. The van der Waals surface area contributed by atoms with Crippen LogP contribution in [0.2, 0.25) is 0 Å². The summed E-state index contributed by atoms with van der Waals surface area (Å²) in [5.74, 6) is 2.50. The number of rotatable bonds is 5. The molecule has 0 aliphatic carbocycles. The van der Waals surface area contributed by atoms with Crippen molar-refractivity contribution < 1.29 is 0 Å². The highest BCUT2D eigenvalue weighted by molar-refractivity contribution is 7.18. The lowest BCUT2D eigenvalue weighted by molar-refractivity contribution is 0.198. The minimum Gasteiger partial charge on any atom is -0.131 e. The molecule has 80 valence electrons. The first-order valence-corrected chi connectivity index (χ1v) is 6.21. The van der Waals surface area contributed by atoms with Gasteiger partial charge < -0.3 is 0 Å². The van der Waals surface area contributed by atoms with Crippen molar-refractivity contribution in [1.29, 1.82) is 0 Å². The van der Waals surface area contributed by atoms with Gasteiger partial charge in [-0.1, -0.05) is 54.4 Å². The fourth-order valence-electron chi connectivity index (χ4n) is 2.54. The molecular weight excluding hydrogens is 175 g/mol. The van der Waals surface area contributed by atoms with Crippen LogP contribution < -0.4 is 0 Å². The molecular formula is C12H27P. The van der Waals surface area contributed by atoms with Crippen molar-refractivity contribution >= 4 is 9.24 Å². The van der Waals surface area contributed by atoms with E-state index in [4.69, 9.17) is 0 Å². The van der Waals surface area contributed by atoms with Crippen molar-refractivity contribution in [3.8, 4) is 0 Å². The first-order chi connectivity index (χ1) is 5.84. The van der Waals surface area contributed by atoms with Crippen LogP contribution in [0.5, 0.6) is 0 Å². The molecule has 0 saturated carbocycles. The second-order valence-electron chi connectivity index (χ2n) is 5.12. The molecule has 0 aromatic heterocycles. The van der Waals surface area contributed by atoms with Gasteiger partial charge in [-0.2, -0.15) is 0 Å². The summed E-state index contributed by atoms with van der Waals surface area (Å²) >= 11 is 0. The maximum Gasteiger partial charge on any atom is -0.0173 e. The van der Waals surface area contributed by atoms with Crippen molar-refractivity contribution in [2.75, 3.05) is 0 Å². The van der Waals surface area contributed by atoms with Crippen molar-refractivity contribution in [2.24, 2.45) is 17.8 Å². The van der Waals surface area contributed by atoms with Crippen LogP contribution >= 0.6 is 9.24 Å². The molecule has 0 bridgehead atoms. The third-order valence-electron chi connectivity index (χ3n) is 3.37. The molecule has 0 aromatic rings. The second kappa shape index (κ2) is 5.35. The lowest BCUT2D eigenvalue weighted by Crippen LogP contribution is -2.34. The van der Waals surface area contributed by atoms with E-state index in [-0.39, 0.29) is 0 Å². The number of hydrogen-bond acceptors (Lipinski definition) is 0. The van der Waals surface area contributed by atoms with Gasteiger partial charge >= 0.3 is 0 Å². The summed E-state index contributed by atoms with van der Waals surface area (Å²) in [6.45, 7) is 14.1. The molecule has 0 heterocycles. The molecule has 0 fully saturated rings. The molecule has 1 heteroatoms. The van der Waals surface area contributed by atoms with Crippen LogP contribution in [-0.2, 0) is 0 Å². The molecule has 0 amide bonds. The van der Waals surface area contributed by atoms with Crippen LogP contribution in [0.4, 0.5) is 0 Å². The fraction of sp³-hybridized carbons (Fsp3) is 1.00. The highest BCUT2D eigenvalue weighted by Crippen LogP contribution is 2.40. The lowest BCUT2D eigenvalue weighted by atomic mass is 9.73. The molecule has 13 heavy (non-hydrogen) atoms. The Morgan fingerprint density at radius 2 is 1.31 bits per heavy atom. The average molecular weight is 202 g/mol. The Balaban J connectivity index is 4.55. The van der Waals surface area contributed by atoms with E-state index < -0.39 is 0 Å². The standard InChI is InChI=1S/C12H27P/c1-7-9(3)11(10(4)8-2)12(5,6)13/h9-11H,7-8,13H2,1-6H3. The Morgan fingerprint density at radius 3 is 1.46 bits per heavy atom. The van der Waals surface area contributed by atoms with E-state index in [1.54, 1.807) is 0 Å². The van der Waals surface area contributed by atoms with E-state index in [0.717, 1.165) is 17.8 Å². The molecule has 3 unspecified atom stereocenters. The molecule has 0 rings (SSSR count). The highest BCUT2D eigenvalue weighted by Gasteiger charge is 2.32. The smallest absolute Gasteiger partial charge is 0.0173 e. The van der Waals surface area contributed by atoms with Gasteiger partial charge in [0.05, 0.1) is 0 Å². The Labute approximate surface area is 87.1 Å². The second-order valence-corrected chi connectivity index (χ2v) is 6.61. The Morgan fingerprint density at radius 1 is 1.00 bits per heavy atom. The van der Waals surface area contributed by atoms with E-state index in [1.807, 2.05) is 0 Å². The molecule has 0 nitrogen and oxygen atoms in total. The average Bonchev–Trinajstić information content (AvgIpc) is 2.01. The van der Waals surface area contributed by atoms with Crippen molar-refractivity contribution in [1.82, 2.24) is 0 Å². The van der Waals surface area contributed by atoms with Crippen LogP contribution in [0.1, 0.15) is 54.4 Å². The molecule has 0 spiro atoms. The van der Waals surface area contributed by atoms with Gasteiger partial charge in [-0.15, -0.1) is 9.24 Å². The van der Waals surface area contributed by atoms with E-state index in [1.165, 1.54) is 12.8 Å². The van der Waals surface area contributed by atoms with Crippen molar-refractivity contribution in [2.45, 2.75) is 59.5 Å². The van der Waals surface area contributed by atoms with Crippen LogP contribution in [-0.4, -0.2) is 5.16 Å².